The van der Waals surface area contributed by atoms with E-state index in [2.05, 4.69) is 23.0 Å². The van der Waals surface area contributed by atoms with E-state index in [-0.39, 0.29) is 0 Å². The lowest BCUT2D eigenvalue weighted by Gasteiger charge is -2.13. The van der Waals surface area contributed by atoms with Crippen LogP contribution < -0.4 is 0 Å². The highest BCUT2D eigenvalue weighted by Gasteiger charge is 2.12. The molecule has 1 aromatic rings. The molecule has 1 aliphatic rings. The van der Waals surface area contributed by atoms with Gasteiger partial charge in [0.25, 0.3) is 0 Å². The first-order chi connectivity index (χ1) is 5.40. The SMILES string of the molecule is CCC1Cc2[nH]ccc2C=N1. The van der Waals surface area contributed by atoms with Gasteiger partial charge in [-0.15, -0.1) is 0 Å². The minimum absolute atomic E-state index is 0.501. The second-order valence-electron chi connectivity index (χ2n) is 2.96. The van der Waals surface area contributed by atoms with Gasteiger partial charge in [-0.05, 0) is 12.5 Å². The van der Waals surface area contributed by atoms with Gasteiger partial charge in [-0.3, -0.25) is 4.99 Å². The van der Waals surface area contributed by atoms with Crippen LogP contribution in [0.5, 0.6) is 0 Å². The lowest BCUT2D eigenvalue weighted by Crippen LogP contribution is -2.13. The van der Waals surface area contributed by atoms with Gasteiger partial charge in [0, 0.05) is 30.1 Å². The number of fused-ring (bicyclic) bond motifs is 1. The standard InChI is InChI=1S/C9H12N2/c1-2-8-5-9-7(6-11-8)3-4-10-9/h3-4,6,8,10H,2,5H2,1H3. The van der Waals surface area contributed by atoms with Crippen molar-refractivity contribution < 1.29 is 0 Å². The molecule has 1 aliphatic heterocycles. The predicted octanol–water partition coefficient (Wildman–Crippen LogP) is 1.77. The number of hydrogen-bond acceptors (Lipinski definition) is 1. The summed E-state index contributed by atoms with van der Waals surface area (Å²) >= 11 is 0. The molecule has 0 aliphatic carbocycles. The van der Waals surface area contributed by atoms with Crippen molar-refractivity contribution in [2.75, 3.05) is 0 Å². The predicted molar refractivity (Wildman–Crippen MR) is 46.2 cm³/mol. The van der Waals surface area contributed by atoms with Gasteiger partial charge in [0.15, 0.2) is 0 Å². The minimum Gasteiger partial charge on any atom is -0.364 e. The van der Waals surface area contributed by atoms with Crippen LogP contribution in [0.2, 0.25) is 0 Å². The number of aliphatic imine (C=N–C) groups is 1. The summed E-state index contributed by atoms with van der Waals surface area (Å²) in [5.41, 5.74) is 2.60. The molecule has 0 saturated carbocycles. The number of nitrogens with zero attached hydrogens (tertiary/aromatic N) is 1. The summed E-state index contributed by atoms with van der Waals surface area (Å²) in [5.74, 6) is 0. The quantitative estimate of drug-likeness (QED) is 0.628. The van der Waals surface area contributed by atoms with Gasteiger partial charge in [0.05, 0.1) is 6.04 Å². The van der Waals surface area contributed by atoms with Crippen molar-refractivity contribution in [2.24, 2.45) is 4.99 Å². The molecule has 11 heavy (non-hydrogen) atoms. The topological polar surface area (TPSA) is 28.1 Å². The van der Waals surface area contributed by atoms with E-state index in [0.717, 1.165) is 12.8 Å². The first-order valence-corrected chi connectivity index (χ1v) is 4.09. The van der Waals surface area contributed by atoms with Crippen LogP contribution >= 0.6 is 0 Å². The van der Waals surface area contributed by atoms with Crippen LogP contribution in [0.15, 0.2) is 17.3 Å². The first-order valence-electron chi connectivity index (χ1n) is 4.09. The number of nitrogens with one attached hydrogen (secondary N) is 1. The number of rotatable bonds is 1. The fourth-order valence-corrected chi connectivity index (χ4v) is 1.44. The fraction of sp³-hybridized carbons (Fsp3) is 0.444. The Kier molecular flexibility index (Phi) is 1.53. The molecule has 1 unspecified atom stereocenters. The van der Waals surface area contributed by atoms with Gasteiger partial charge in [0.1, 0.15) is 0 Å². The summed E-state index contributed by atoms with van der Waals surface area (Å²) < 4.78 is 0. The summed E-state index contributed by atoms with van der Waals surface area (Å²) in [6.07, 6.45) is 6.17. The first kappa shape index (κ1) is 6.65. The van der Waals surface area contributed by atoms with Crippen molar-refractivity contribution in [1.29, 1.82) is 0 Å². The molecule has 58 valence electrons. The minimum atomic E-state index is 0.501. The van der Waals surface area contributed by atoms with E-state index in [4.69, 9.17) is 0 Å². The van der Waals surface area contributed by atoms with Gasteiger partial charge >= 0.3 is 0 Å². The fourth-order valence-electron chi connectivity index (χ4n) is 1.44. The second-order valence-corrected chi connectivity index (χ2v) is 2.96. The summed E-state index contributed by atoms with van der Waals surface area (Å²) in [7, 11) is 0. The van der Waals surface area contributed by atoms with E-state index >= 15 is 0 Å². The zero-order chi connectivity index (χ0) is 7.68. The number of hydrogen-bond donors (Lipinski definition) is 1. The molecule has 0 radical (unpaired) electrons. The van der Waals surface area contributed by atoms with Gasteiger partial charge in [-0.25, -0.2) is 0 Å². The average Bonchev–Trinajstić information content (AvgIpc) is 2.50. The number of aromatic nitrogens is 1. The van der Waals surface area contributed by atoms with Crippen molar-refractivity contribution >= 4 is 6.21 Å². The maximum atomic E-state index is 4.42. The molecule has 0 saturated heterocycles. The molecule has 2 heterocycles. The molecular weight excluding hydrogens is 136 g/mol. The monoisotopic (exact) mass is 148 g/mol. The molecule has 0 fully saturated rings. The van der Waals surface area contributed by atoms with Crippen LogP contribution in [0, 0.1) is 0 Å². The Morgan fingerprint density at radius 2 is 2.64 bits per heavy atom. The molecule has 0 bridgehead atoms. The van der Waals surface area contributed by atoms with Crippen LogP contribution in [-0.2, 0) is 6.42 Å². The van der Waals surface area contributed by atoms with E-state index < -0.39 is 0 Å². The summed E-state index contributed by atoms with van der Waals surface area (Å²) in [4.78, 5) is 7.65. The van der Waals surface area contributed by atoms with Crippen LogP contribution in [0.4, 0.5) is 0 Å². The largest absolute Gasteiger partial charge is 0.364 e. The number of aromatic amines is 1. The van der Waals surface area contributed by atoms with Crippen molar-refractivity contribution in [3.63, 3.8) is 0 Å². The Labute approximate surface area is 66.4 Å². The van der Waals surface area contributed by atoms with E-state index in [9.17, 15) is 0 Å². The van der Waals surface area contributed by atoms with Crippen LogP contribution in [0.1, 0.15) is 24.6 Å². The third-order valence-electron chi connectivity index (χ3n) is 2.20. The lowest BCUT2D eigenvalue weighted by molar-refractivity contribution is 0.636. The highest BCUT2D eigenvalue weighted by molar-refractivity contribution is 5.82. The Balaban J connectivity index is 2.29. The van der Waals surface area contributed by atoms with E-state index in [1.165, 1.54) is 11.3 Å². The van der Waals surface area contributed by atoms with Crippen molar-refractivity contribution in [3.8, 4) is 0 Å². The summed E-state index contributed by atoms with van der Waals surface area (Å²) in [6.45, 7) is 2.18. The third-order valence-corrected chi connectivity index (χ3v) is 2.20. The molecular formula is C9H12N2. The van der Waals surface area contributed by atoms with Crippen molar-refractivity contribution in [3.05, 3.63) is 23.5 Å². The highest BCUT2D eigenvalue weighted by Crippen LogP contribution is 2.15. The normalized spacial score (nSPS) is 21.7. The molecule has 0 aromatic carbocycles. The van der Waals surface area contributed by atoms with Gasteiger partial charge < -0.3 is 4.98 Å². The molecule has 2 heteroatoms. The molecule has 0 spiro atoms. The molecule has 1 aromatic heterocycles. The zero-order valence-electron chi connectivity index (χ0n) is 6.67. The van der Waals surface area contributed by atoms with Gasteiger partial charge in [-0.1, -0.05) is 6.92 Å². The van der Waals surface area contributed by atoms with E-state index in [1.807, 2.05) is 12.4 Å². The summed E-state index contributed by atoms with van der Waals surface area (Å²) in [6, 6.07) is 2.58. The number of H-pyrrole nitrogens is 1. The van der Waals surface area contributed by atoms with Crippen molar-refractivity contribution in [2.45, 2.75) is 25.8 Å². The molecule has 1 atom stereocenters. The average molecular weight is 148 g/mol. The maximum absolute atomic E-state index is 4.42. The Morgan fingerprint density at radius 1 is 1.73 bits per heavy atom. The van der Waals surface area contributed by atoms with Crippen LogP contribution in [0.25, 0.3) is 0 Å². The van der Waals surface area contributed by atoms with E-state index in [1.54, 1.807) is 0 Å². The van der Waals surface area contributed by atoms with Crippen LogP contribution in [-0.4, -0.2) is 17.2 Å². The molecule has 2 nitrogen and oxygen atoms in total. The molecule has 0 amide bonds. The summed E-state index contributed by atoms with van der Waals surface area (Å²) in [5, 5.41) is 0. The molecule has 1 N–H and O–H groups in total. The van der Waals surface area contributed by atoms with E-state index in [0.29, 0.717) is 6.04 Å². The maximum Gasteiger partial charge on any atom is 0.0552 e. The third kappa shape index (κ3) is 1.09. The highest BCUT2D eigenvalue weighted by atomic mass is 14.8. The zero-order valence-corrected chi connectivity index (χ0v) is 6.67. The molecule has 2 rings (SSSR count). The Morgan fingerprint density at radius 3 is 3.45 bits per heavy atom. The van der Waals surface area contributed by atoms with Gasteiger partial charge in [0.2, 0.25) is 0 Å². The Hall–Kier alpha value is -1.05. The lowest BCUT2D eigenvalue weighted by atomic mass is 10.0. The second kappa shape index (κ2) is 2.53. The Bertz CT molecular complexity index is 273. The van der Waals surface area contributed by atoms with Crippen molar-refractivity contribution in [1.82, 2.24) is 4.98 Å². The smallest absolute Gasteiger partial charge is 0.0552 e. The van der Waals surface area contributed by atoms with Gasteiger partial charge in [-0.2, -0.15) is 0 Å². The van der Waals surface area contributed by atoms with Crippen LogP contribution in [0.3, 0.4) is 0 Å².